The van der Waals surface area contributed by atoms with Crippen molar-refractivity contribution in [3.8, 4) is 0 Å². The molecule has 2 nitrogen and oxygen atoms in total. The molecule has 0 aliphatic rings. The van der Waals surface area contributed by atoms with Crippen molar-refractivity contribution in [1.29, 1.82) is 0 Å². The van der Waals surface area contributed by atoms with E-state index in [9.17, 15) is 9.18 Å². The molecule has 0 bridgehead atoms. The summed E-state index contributed by atoms with van der Waals surface area (Å²) in [7, 11) is 0. The molecule has 0 radical (unpaired) electrons. The first-order chi connectivity index (χ1) is 6.16. The summed E-state index contributed by atoms with van der Waals surface area (Å²) in [6.07, 6.45) is 0. The fourth-order valence-electron chi connectivity index (χ4n) is 0.968. The van der Waals surface area contributed by atoms with Crippen LogP contribution in [0.4, 0.5) is 4.39 Å². The van der Waals surface area contributed by atoms with Crippen molar-refractivity contribution in [3.63, 3.8) is 0 Å². The van der Waals surface area contributed by atoms with Gasteiger partial charge in [0.2, 0.25) is 0 Å². The molecule has 0 aliphatic heterocycles. The number of carboxylic acid groups (broad SMARTS) is 1. The molecule has 0 aliphatic carbocycles. The molecule has 0 amide bonds. The van der Waals surface area contributed by atoms with Gasteiger partial charge in [0.25, 0.3) is 0 Å². The second-order valence-corrected chi connectivity index (χ2v) is 3.63. The Morgan fingerprint density at radius 1 is 1.62 bits per heavy atom. The van der Waals surface area contributed by atoms with E-state index in [4.69, 9.17) is 5.11 Å². The highest BCUT2D eigenvalue weighted by Gasteiger charge is 2.13. The van der Waals surface area contributed by atoms with Crippen LogP contribution in [0.3, 0.4) is 0 Å². The molecule has 1 rings (SSSR count). The quantitative estimate of drug-likeness (QED) is 0.762. The molecule has 1 N–H and O–H groups in total. The Bertz CT molecular complexity index is 325. The third-order valence-corrected chi connectivity index (χ3v) is 2.48. The van der Waals surface area contributed by atoms with Crippen molar-refractivity contribution in [1.82, 2.24) is 0 Å². The van der Waals surface area contributed by atoms with Crippen LogP contribution in [0.5, 0.6) is 0 Å². The van der Waals surface area contributed by atoms with Crippen molar-refractivity contribution in [2.24, 2.45) is 0 Å². The number of thioether (sulfide) groups is 1. The molecule has 0 saturated heterocycles. The predicted molar refractivity (Wildman–Crippen MR) is 49.8 cm³/mol. The van der Waals surface area contributed by atoms with Crippen molar-refractivity contribution in [2.75, 3.05) is 5.75 Å². The molecule has 0 aromatic heterocycles. The average Bonchev–Trinajstić information content (AvgIpc) is 2.08. The van der Waals surface area contributed by atoms with Crippen LogP contribution < -0.4 is 0 Å². The van der Waals surface area contributed by atoms with Gasteiger partial charge in [-0.3, -0.25) is 0 Å². The normalized spacial score (nSPS) is 10.0. The van der Waals surface area contributed by atoms with E-state index in [1.54, 1.807) is 0 Å². The fourth-order valence-corrected chi connectivity index (χ4v) is 1.77. The minimum Gasteiger partial charge on any atom is -0.478 e. The van der Waals surface area contributed by atoms with Crippen LogP contribution in [-0.2, 0) is 0 Å². The van der Waals surface area contributed by atoms with Gasteiger partial charge in [-0.1, -0.05) is 13.0 Å². The van der Waals surface area contributed by atoms with Crippen LogP contribution in [0.1, 0.15) is 17.3 Å². The molecule has 0 fully saturated rings. The number of benzene rings is 1. The number of hydrogen-bond acceptors (Lipinski definition) is 2. The summed E-state index contributed by atoms with van der Waals surface area (Å²) in [4.78, 5) is 10.9. The Morgan fingerprint density at radius 2 is 2.31 bits per heavy atom. The van der Waals surface area contributed by atoms with Crippen molar-refractivity contribution in [2.45, 2.75) is 11.8 Å². The summed E-state index contributed by atoms with van der Waals surface area (Å²) in [5, 5.41) is 8.74. The van der Waals surface area contributed by atoms with Gasteiger partial charge in [0.05, 0.1) is 10.5 Å². The molecule has 1 aromatic carbocycles. The lowest BCUT2D eigenvalue weighted by molar-refractivity contribution is 0.0692. The van der Waals surface area contributed by atoms with Crippen LogP contribution in [0.25, 0.3) is 0 Å². The Balaban J connectivity index is 3.17. The Hall–Kier alpha value is -1.03. The number of hydrogen-bond donors (Lipinski definition) is 1. The molecular weight excluding hydrogens is 191 g/mol. The van der Waals surface area contributed by atoms with E-state index in [1.807, 2.05) is 6.92 Å². The van der Waals surface area contributed by atoms with Gasteiger partial charge in [0.15, 0.2) is 0 Å². The molecule has 1 aromatic rings. The van der Waals surface area contributed by atoms with Crippen molar-refractivity contribution < 1.29 is 14.3 Å². The second kappa shape index (κ2) is 4.28. The number of carbonyl (C=O) groups is 1. The van der Waals surface area contributed by atoms with E-state index in [0.29, 0.717) is 5.75 Å². The van der Waals surface area contributed by atoms with Gasteiger partial charge in [-0.15, -0.1) is 11.8 Å². The smallest absolute Gasteiger partial charge is 0.336 e. The third-order valence-electron chi connectivity index (χ3n) is 1.49. The van der Waals surface area contributed by atoms with E-state index in [1.165, 1.54) is 30.0 Å². The van der Waals surface area contributed by atoms with Crippen molar-refractivity contribution in [3.05, 3.63) is 29.6 Å². The second-order valence-electron chi connectivity index (χ2n) is 2.35. The maximum Gasteiger partial charge on any atom is 0.336 e. The lowest BCUT2D eigenvalue weighted by atomic mass is 10.2. The van der Waals surface area contributed by atoms with Crippen LogP contribution >= 0.6 is 11.8 Å². The zero-order valence-corrected chi connectivity index (χ0v) is 7.90. The summed E-state index contributed by atoms with van der Waals surface area (Å²) in [5.41, 5.74) is 0.0341. The molecular formula is C9H9FO2S. The first kappa shape index (κ1) is 10.1. The van der Waals surface area contributed by atoms with E-state index in [2.05, 4.69) is 0 Å². The number of rotatable bonds is 3. The molecule has 0 saturated carbocycles. The fraction of sp³-hybridized carbons (Fsp3) is 0.222. The van der Waals surface area contributed by atoms with E-state index >= 15 is 0 Å². The minimum absolute atomic E-state index is 0.0341. The van der Waals surface area contributed by atoms with Crippen LogP contribution in [0, 0.1) is 5.82 Å². The lowest BCUT2D eigenvalue weighted by Gasteiger charge is -2.04. The first-order valence-corrected chi connectivity index (χ1v) is 4.80. The van der Waals surface area contributed by atoms with Crippen molar-refractivity contribution >= 4 is 17.7 Å². The van der Waals surface area contributed by atoms with Crippen LogP contribution in [-0.4, -0.2) is 16.8 Å². The van der Waals surface area contributed by atoms with Crippen LogP contribution in [0.15, 0.2) is 23.1 Å². The topological polar surface area (TPSA) is 37.3 Å². The molecule has 70 valence electrons. The Labute approximate surface area is 79.8 Å². The summed E-state index contributed by atoms with van der Waals surface area (Å²) in [6.45, 7) is 1.85. The maximum atomic E-state index is 13.1. The summed E-state index contributed by atoms with van der Waals surface area (Å²) in [6, 6.07) is 4.08. The first-order valence-electron chi connectivity index (χ1n) is 3.81. The molecule has 0 unspecified atom stereocenters. The summed E-state index contributed by atoms with van der Waals surface area (Å²) in [5.74, 6) is -0.900. The number of halogens is 1. The zero-order valence-electron chi connectivity index (χ0n) is 7.08. The maximum absolute atomic E-state index is 13.1. The van der Waals surface area contributed by atoms with Gasteiger partial charge in [-0.05, 0) is 17.9 Å². The van der Waals surface area contributed by atoms with Gasteiger partial charge in [-0.2, -0.15) is 0 Å². The highest BCUT2D eigenvalue weighted by molar-refractivity contribution is 7.99. The average molecular weight is 200 g/mol. The predicted octanol–water partition coefficient (Wildman–Crippen LogP) is 2.64. The van der Waals surface area contributed by atoms with Gasteiger partial charge in [0, 0.05) is 0 Å². The number of carboxylic acids is 1. The number of aromatic carboxylic acids is 1. The van der Waals surface area contributed by atoms with E-state index < -0.39 is 11.8 Å². The van der Waals surface area contributed by atoms with Gasteiger partial charge in [-0.25, -0.2) is 9.18 Å². The molecule has 4 heteroatoms. The molecule has 13 heavy (non-hydrogen) atoms. The largest absolute Gasteiger partial charge is 0.478 e. The Morgan fingerprint density at radius 3 is 2.85 bits per heavy atom. The van der Waals surface area contributed by atoms with Gasteiger partial charge >= 0.3 is 5.97 Å². The van der Waals surface area contributed by atoms with Gasteiger partial charge in [0.1, 0.15) is 5.82 Å². The highest BCUT2D eigenvalue weighted by Crippen LogP contribution is 2.25. The lowest BCUT2D eigenvalue weighted by Crippen LogP contribution is -2.00. The zero-order chi connectivity index (χ0) is 9.84. The Kier molecular flexibility index (Phi) is 3.31. The summed E-state index contributed by atoms with van der Waals surface area (Å²) >= 11 is 1.20. The minimum atomic E-state index is -1.09. The van der Waals surface area contributed by atoms with Crippen LogP contribution in [0.2, 0.25) is 0 Å². The highest BCUT2D eigenvalue weighted by atomic mass is 32.2. The van der Waals surface area contributed by atoms with E-state index in [-0.39, 0.29) is 10.5 Å². The van der Waals surface area contributed by atoms with Gasteiger partial charge < -0.3 is 5.11 Å². The monoisotopic (exact) mass is 200 g/mol. The third kappa shape index (κ3) is 2.21. The molecule has 0 atom stereocenters. The standard InChI is InChI=1S/C9H9FO2S/c1-2-13-8-6(9(11)12)4-3-5-7(8)10/h3-5H,2H2,1H3,(H,11,12). The molecule has 0 heterocycles. The molecule has 0 spiro atoms. The van der Waals surface area contributed by atoms with E-state index in [0.717, 1.165) is 0 Å². The summed E-state index contributed by atoms with van der Waals surface area (Å²) < 4.78 is 13.1. The SMILES string of the molecule is CCSc1c(F)cccc1C(=O)O.